The number of hydrogen-bond acceptors (Lipinski definition) is 3. The zero-order valence-electron chi connectivity index (χ0n) is 2.22. The predicted octanol–water partition coefficient (Wildman–Crippen LogP) is 0.511. The molecule has 0 radical (unpaired) electrons. The Morgan fingerprint density at radius 3 is 1.60 bits per heavy atom. The number of rotatable bonds is 2. The monoisotopic (exact) mass is 344 g/mol. The molecule has 0 saturated carbocycles. The van der Waals surface area contributed by atoms with Crippen molar-refractivity contribution >= 4 is 12.3 Å². The summed E-state index contributed by atoms with van der Waals surface area (Å²) in [6, 6.07) is 0. The second-order valence-corrected chi connectivity index (χ2v) is 3.84. The van der Waals surface area contributed by atoms with Crippen molar-refractivity contribution < 1.29 is 81.3 Å². The third-order valence-corrected chi connectivity index (χ3v) is 1.49. The van der Waals surface area contributed by atoms with Crippen LogP contribution < -0.4 is 0 Å². The van der Waals surface area contributed by atoms with Crippen LogP contribution in [0.3, 0.4) is 0 Å². The average Bonchev–Trinajstić information content (AvgIpc) is 1.41. The number of hydrogen-bond donors (Lipinski definition) is 0. The summed E-state index contributed by atoms with van der Waals surface area (Å²) in [7, 11) is 0. The molecule has 0 bridgehead atoms. The molecule has 0 aliphatic carbocycles. The van der Waals surface area contributed by atoms with E-state index >= 15 is 0 Å². The van der Waals surface area contributed by atoms with Crippen molar-refractivity contribution in [3.8, 4) is 0 Å². The molecule has 26 valence electrons. The van der Waals surface area contributed by atoms with Gasteiger partial charge in [0, 0.05) is 0 Å². The molecule has 2 nitrogen and oxygen atoms in total. The summed E-state index contributed by atoms with van der Waals surface area (Å²) >= 11 is 2.60. The van der Waals surface area contributed by atoms with Gasteiger partial charge in [-0.3, -0.25) is 0 Å². The zero-order chi connectivity index (χ0) is 4.12. The first-order chi connectivity index (χ1) is 2.41. The quantitative estimate of drug-likeness (QED) is 0.681. The van der Waals surface area contributed by atoms with Gasteiger partial charge in [-0.25, -0.2) is 0 Å². The fourth-order valence-electron chi connectivity index (χ4n) is 0.0170. The van der Waals surface area contributed by atoms with Crippen LogP contribution in [-0.2, 0) is 0.795 Å². The first kappa shape index (κ1) is 8.02. The van der Waals surface area contributed by atoms with Crippen molar-refractivity contribution in [2.24, 2.45) is 0 Å². The van der Waals surface area contributed by atoms with E-state index in [0.29, 0.717) is 0 Å². The Labute approximate surface area is 91.0 Å². The molecule has 5 heteroatoms. The van der Waals surface area contributed by atoms with Crippen molar-refractivity contribution in [2.45, 2.75) is 0 Å². The topological polar surface area (TPSA) is 18.5 Å². The fourth-order valence-corrected chi connectivity index (χ4v) is 2.70. The molecule has 0 N–H and O–H groups in total. The molecule has 0 aromatic rings. The van der Waals surface area contributed by atoms with E-state index in [0.717, 1.165) is 92.8 Å². The van der Waals surface area contributed by atoms with Gasteiger partial charge in [0.05, 0.1) is 0 Å². The summed E-state index contributed by atoms with van der Waals surface area (Å²) in [6.07, 6.45) is 0. The Balaban J connectivity index is 2.19. The molecule has 0 rings (SSSR count). The molecule has 0 aromatic heterocycles. The van der Waals surface area contributed by atoms with E-state index < -0.39 is 0 Å². The van der Waals surface area contributed by atoms with Gasteiger partial charge >= 0.3 is 93.6 Å². The van der Waals surface area contributed by atoms with Crippen molar-refractivity contribution in [2.75, 3.05) is 0 Å². The van der Waals surface area contributed by atoms with Crippen LogP contribution in [0.1, 0.15) is 0 Å². The Kier molecular flexibility index (Phi) is 11.3. The van der Waals surface area contributed by atoms with E-state index in [4.69, 9.17) is 0 Å². The summed E-state index contributed by atoms with van der Waals surface area (Å²) in [5, 5.41) is 0. The molecular formula is Ce2O2S. The van der Waals surface area contributed by atoms with Gasteiger partial charge in [0.1, 0.15) is 0 Å². The predicted molar refractivity (Wildman–Crippen MR) is 9.76 cm³/mol. The normalized spacial score (nSPS) is 7.60. The Morgan fingerprint density at radius 2 is 1.60 bits per heavy atom. The maximum absolute atomic E-state index is 4.56. The molecule has 0 heterocycles. The molecule has 0 aliphatic heterocycles. The maximum atomic E-state index is 4.56. The Hall–Kier alpha value is 3.02. The van der Waals surface area contributed by atoms with Crippen molar-refractivity contribution in [1.82, 2.24) is 0 Å². The molecular weight excluding hydrogens is 344 g/mol. The van der Waals surface area contributed by atoms with Crippen LogP contribution in [0.5, 0.6) is 0 Å². The van der Waals surface area contributed by atoms with Crippen LogP contribution in [0.15, 0.2) is 0 Å². The average molecular weight is 344 g/mol. The second kappa shape index (κ2) is 7.02. The van der Waals surface area contributed by atoms with Gasteiger partial charge in [-0.1, -0.05) is 0 Å². The molecule has 0 aliphatic rings. The van der Waals surface area contributed by atoms with Crippen LogP contribution in [0, 0.1) is 80.5 Å². The van der Waals surface area contributed by atoms with Gasteiger partial charge in [-0.2, -0.15) is 0 Å². The minimum absolute atomic E-state index is 0.759. The molecule has 0 unspecified atom stereocenters. The minimum atomic E-state index is 0.759. The molecule has 5 heavy (non-hydrogen) atoms. The van der Waals surface area contributed by atoms with Crippen LogP contribution in [0.4, 0.5) is 0 Å². The van der Waals surface area contributed by atoms with Gasteiger partial charge in [-0.15, -0.1) is 0 Å². The summed E-state index contributed by atoms with van der Waals surface area (Å²) in [5.74, 6) is 0. The van der Waals surface area contributed by atoms with Crippen molar-refractivity contribution in [1.29, 1.82) is 0 Å². The molecule has 0 fully saturated rings. The SMILES string of the molecule is [Ce][O]S[O][Ce]. The van der Waals surface area contributed by atoms with Crippen molar-refractivity contribution in [3.63, 3.8) is 0 Å². The fraction of sp³-hybridized carbons (Fsp3) is 0. The van der Waals surface area contributed by atoms with Crippen LogP contribution in [0.2, 0.25) is 0 Å². The molecule has 0 spiro atoms. The summed E-state index contributed by atoms with van der Waals surface area (Å²) in [4.78, 5) is 0. The third-order valence-electron chi connectivity index (χ3n) is 0.0680. The van der Waals surface area contributed by atoms with Gasteiger partial charge in [0.2, 0.25) is 0 Å². The third kappa shape index (κ3) is 7.02. The van der Waals surface area contributed by atoms with Crippen molar-refractivity contribution in [3.05, 3.63) is 0 Å². The molecule has 0 aromatic carbocycles. The van der Waals surface area contributed by atoms with E-state index in [1.807, 2.05) is 0 Å². The second-order valence-electron chi connectivity index (χ2n) is 0.235. The first-order valence-corrected chi connectivity index (χ1v) is 3.97. The summed E-state index contributed by atoms with van der Waals surface area (Å²) in [6.45, 7) is 0. The van der Waals surface area contributed by atoms with E-state index in [1.54, 1.807) is 0 Å². The van der Waals surface area contributed by atoms with Gasteiger partial charge in [0.15, 0.2) is 0 Å². The molecule has 0 atom stereocenters. The summed E-state index contributed by atoms with van der Waals surface area (Å²) in [5.41, 5.74) is 0. The first-order valence-electron chi connectivity index (χ1n) is 0.742. The zero-order valence-corrected chi connectivity index (χ0v) is 9.32. The molecule has 0 saturated heterocycles. The van der Waals surface area contributed by atoms with Crippen LogP contribution in [-0.4, -0.2) is 0 Å². The van der Waals surface area contributed by atoms with E-state index in [9.17, 15) is 0 Å². The van der Waals surface area contributed by atoms with Crippen LogP contribution >= 0.6 is 12.3 Å². The Bertz CT molecular complexity index is 15.1. The summed E-state index contributed by atoms with van der Waals surface area (Å²) < 4.78 is 9.12. The molecule has 0 amide bonds. The standard InChI is InChI=1S/2Ce.H2O2S/c;;1-3-2/h;;1-2H/q2*+1;/p-2. The van der Waals surface area contributed by atoms with Gasteiger partial charge in [-0.05, 0) is 0 Å². The van der Waals surface area contributed by atoms with E-state index in [1.165, 1.54) is 0 Å². The Morgan fingerprint density at radius 1 is 1.20 bits per heavy atom. The van der Waals surface area contributed by atoms with E-state index in [-0.39, 0.29) is 0 Å². The van der Waals surface area contributed by atoms with Gasteiger partial charge < -0.3 is 0 Å². The van der Waals surface area contributed by atoms with Gasteiger partial charge in [0.25, 0.3) is 0 Å². The van der Waals surface area contributed by atoms with E-state index in [2.05, 4.69) is 0.795 Å². The van der Waals surface area contributed by atoms with Crippen LogP contribution in [0.25, 0.3) is 0 Å².